The summed E-state index contributed by atoms with van der Waals surface area (Å²) in [5.74, 6) is -0.757. The molecule has 2 aliphatic heterocycles. The highest BCUT2D eigenvalue weighted by atomic mass is 32.2. The van der Waals surface area contributed by atoms with Gasteiger partial charge in [0.2, 0.25) is 5.91 Å². The van der Waals surface area contributed by atoms with Crippen molar-refractivity contribution in [1.29, 1.82) is 0 Å². The van der Waals surface area contributed by atoms with E-state index in [2.05, 4.69) is 17.6 Å². The number of hydrogen-bond donors (Lipinski definition) is 2. The largest absolute Gasteiger partial charge is 0.353 e. The standard InChI is InChI=1S/C21H24N4O5S2/c1-13-4-6-21(7-5-13)18(28)25(19(29)23-21)12-16(26)22-8-9-24-17(27)15(32-20(24)30)11-14-3-2-10-31-14/h2-3,10-11,13H,4-9,12H2,1H3,(H,22,26)(H,23,29). The van der Waals surface area contributed by atoms with E-state index in [1.165, 1.54) is 11.3 Å². The van der Waals surface area contributed by atoms with Gasteiger partial charge in [0.05, 0.1) is 4.91 Å². The number of thiophene rings is 1. The van der Waals surface area contributed by atoms with Crippen LogP contribution in [0.2, 0.25) is 0 Å². The molecule has 0 aromatic carbocycles. The predicted molar refractivity (Wildman–Crippen MR) is 121 cm³/mol. The van der Waals surface area contributed by atoms with Gasteiger partial charge in [0.1, 0.15) is 12.1 Å². The van der Waals surface area contributed by atoms with E-state index in [0.717, 1.165) is 39.3 Å². The zero-order valence-corrected chi connectivity index (χ0v) is 19.2. The molecule has 1 saturated carbocycles. The minimum atomic E-state index is -0.888. The lowest BCUT2D eigenvalue weighted by Gasteiger charge is -2.33. The first-order chi connectivity index (χ1) is 15.3. The van der Waals surface area contributed by atoms with Crippen molar-refractivity contribution in [3.63, 3.8) is 0 Å². The van der Waals surface area contributed by atoms with Gasteiger partial charge in [0.15, 0.2) is 0 Å². The maximum absolute atomic E-state index is 12.8. The number of urea groups is 1. The van der Waals surface area contributed by atoms with Crippen LogP contribution in [0.4, 0.5) is 9.59 Å². The van der Waals surface area contributed by atoms with Crippen LogP contribution in [0.1, 0.15) is 37.5 Å². The lowest BCUT2D eigenvalue weighted by Crippen LogP contribution is -2.50. The van der Waals surface area contributed by atoms with Crippen molar-refractivity contribution in [2.45, 2.75) is 38.1 Å². The number of amides is 6. The van der Waals surface area contributed by atoms with E-state index < -0.39 is 28.6 Å². The maximum atomic E-state index is 12.8. The molecule has 0 radical (unpaired) electrons. The van der Waals surface area contributed by atoms with Crippen molar-refractivity contribution < 1.29 is 24.0 Å². The van der Waals surface area contributed by atoms with Crippen molar-refractivity contribution in [3.8, 4) is 0 Å². The second-order valence-electron chi connectivity index (χ2n) is 8.28. The molecule has 2 saturated heterocycles. The minimum Gasteiger partial charge on any atom is -0.353 e. The summed E-state index contributed by atoms with van der Waals surface area (Å²) in [4.78, 5) is 65.4. The van der Waals surface area contributed by atoms with Crippen LogP contribution < -0.4 is 10.6 Å². The fourth-order valence-corrected chi connectivity index (χ4v) is 5.70. The Bertz CT molecular complexity index is 982. The number of hydrogen-bond acceptors (Lipinski definition) is 7. The van der Waals surface area contributed by atoms with E-state index >= 15 is 0 Å². The predicted octanol–water partition coefficient (Wildman–Crippen LogP) is 2.40. The smallest absolute Gasteiger partial charge is 0.325 e. The lowest BCUT2D eigenvalue weighted by atomic mass is 9.77. The summed E-state index contributed by atoms with van der Waals surface area (Å²) in [6.45, 7) is 1.78. The molecule has 11 heteroatoms. The Morgan fingerprint density at radius 3 is 2.69 bits per heavy atom. The number of nitrogens with zero attached hydrogens (tertiary/aromatic N) is 2. The molecule has 0 bridgehead atoms. The van der Waals surface area contributed by atoms with E-state index in [1.807, 2.05) is 17.5 Å². The topological polar surface area (TPSA) is 116 Å². The number of thioether (sulfide) groups is 1. The number of imide groups is 2. The van der Waals surface area contributed by atoms with Crippen LogP contribution in [0, 0.1) is 5.92 Å². The van der Waals surface area contributed by atoms with Crippen LogP contribution in [0.15, 0.2) is 22.4 Å². The molecule has 0 atom stereocenters. The second kappa shape index (κ2) is 9.07. The van der Waals surface area contributed by atoms with Gasteiger partial charge in [0, 0.05) is 18.0 Å². The Morgan fingerprint density at radius 1 is 1.25 bits per heavy atom. The average molecular weight is 477 g/mol. The highest BCUT2D eigenvalue weighted by Gasteiger charge is 2.52. The third kappa shape index (κ3) is 4.44. The first-order valence-electron chi connectivity index (χ1n) is 10.5. The van der Waals surface area contributed by atoms with E-state index in [4.69, 9.17) is 0 Å². The zero-order chi connectivity index (χ0) is 22.9. The zero-order valence-electron chi connectivity index (χ0n) is 17.6. The van der Waals surface area contributed by atoms with Crippen molar-refractivity contribution in [2.24, 2.45) is 5.92 Å². The average Bonchev–Trinajstić information content (AvgIpc) is 3.42. The third-order valence-corrected chi connectivity index (χ3v) is 7.75. The first kappa shape index (κ1) is 22.5. The Kier molecular flexibility index (Phi) is 6.38. The van der Waals surface area contributed by atoms with Gasteiger partial charge in [-0.1, -0.05) is 13.0 Å². The van der Waals surface area contributed by atoms with Gasteiger partial charge in [-0.15, -0.1) is 11.3 Å². The van der Waals surface area contributed by atoms with Crippen LogP contribution >= 0.6 is 23.1 Å². The summed E-state index contributed by atoms with van der Waals surface area (Å²) in [5, 5.41) is 6.86. The van der Waals surface area contributed by atoms with Gasteiger partial charge < -0.3 is 10.6 Å². The summed E-state index contributed by atoms with van der Waals surface area (Å²) < 4.78 is 0. The third-order valence-electron chi connectivity index (χ3n) is 6.02. The molecule has 3 heterocycles. The fourth-order valence-electron chi connectivity index (χ4n) is 4.12. The minimum absolute atomic E-state index is 0.0140. The SMILES string of the molecule is CC1CCC2(CC1)NC(=O)N(CC(=O)NCCN1C(=O)SC(=Cc3cccs3)C1=O)C2=O. The second-order valence-corrected chi connectivity index (χ2v) is 10.3. The van der Waals surface area contributed by atoms with Crippen molar-refractivity contribution in [3.05, 3.63) is 27.3 Å². The van der Waals surface area contributed by atoms with Crippen LogP contribution in [0.3, 0.4) is 0 Å². The monoisotopic (exact) mass is 476 g/mol. The Hall–Kier alpha value is -2.66. The molecule has 4 rings (SSSR count). The number of carbonyl (C=O) groups is 5. The van der Waals surface area contributed by atoms with Gasteiger partial charge in [-0.25, -0.2) is 4.79 Å². The lowest BCUT2D eigenvalue weighted by molar-refractivity contribution is -0.136. The molecule has 0 unspecified atom stereocenters. The highest BCUT2D eigenvalue weighted by molar-refractivity contribution is 8.18. The molecular formula is C21H24N4O5S2. The van der Waals surface area contributed by atoms with Crippen LogP contribution in [0.25, 0.3) is 6.08 Å². The van der Waals surface area contributed by atoms with E-state index in [-0.39, 0.29) is 25.5 Å². The number of nitrogens with one attached hydrogen (secondary N) is 2. The van der Waals surface area contributed by atoms with Crippen LogP contribution in [-0.2, 0) is 14.4 Å². The molecule has 1 aromatic rings. The molecule has 3 aliphatic rings. The summed E-state index contributed by atoms with van der Waals surface area (Å²) >= 11 is 2.33. The van der Waals surface area contributed by atoms with E-state index in [0.29, 0.717) is 23.7 Å². The van der Waals surface area contributed by atoms with Crippen LogP contribution in [-0.4, -0.2) is 64.0 Å². The number of carbonyl (C=O) groups excluding carboxylic acids is 5. The van der Waals surface area contributed by atoms with E-state index in [9.17, 15) is 24.0 Å². The Morgan fingerprint density at radius 2 is 2.00 bits per heavy atom. The molecule has 32 heavy (non-hydrogen) atoms. The van der Waals surface area contributed by atoms with Crippen LogP contribution in [0.5, 0.6) is 0 Å². The summed E-state index contributed by atoms with van der Waals surface area (Å²) in [7, 11) is 0. The van der Waals surface area contributed by atoms with Gasteiger partial charge in [-0.3, -0.25) is 29.0 Å². The van der Waals surface area contributed by atoms with E-state index in [1.54, 1.807) is 6.08 Å². The summed E-state index contributed by atoms with van der Waals surface area (Å²) in [6, 6.07) is 3.16. The molecule has 170 valence electrons. The Labute approximate surface area is 193 Å². The normalized spacial score (nSPS) is 27.0. The summed E-state index contributed by atoms with van der Waals surface area (Å²) in [6.07, 6.45) is 4.54. The first-order valence-corrected chi connectivity index (χ1v) is 12.2. The molecular weight excluding hydrogens is 452 g/mol. The van der Waals surface area contributed by atoms with Gasteiger partial charge in [0.25, 0.3) is 17.1 Å². The molecule has 1 aliphatic carbocycles. The quantitative estimate of drug-likeness (QED) is 0.481. The number of rotatable bonds is 6. The molecule has 9 nitrogen and oxygen atoms in total. The maximum Gasteiger partial charge on any atom is 0.325 e. The van der Waals surface area contributed by atoms with Crippen molar-refractivity contribution >= 4 is 58.2 Å². The van der Waals surface area contributed by atoms with Crippen molar-refractivity contribution in [1.82, 2.24) is 20.4 Å². The van der Waals surface area contributed by atoms with Crippen molar-refractivity contribution in [2.75, 3.05) is 19.6 Å². The molecule has 2 N–H and O–H groups in total. The fraction of sp³-hybridized carbons (Fsp3) is 0.476. The van der Waals surface area contributed by atoms with Gasteiger partial charge >= 0.3 is 6.03 Å². The van der Waals surface area contributed by atoms with Gasteiger partial charge in [-0.05, 0) is 60.9 Å². The summed E-state index contributed by atoms with van der Waals surface area (Å²) in [5.41, 5.74) is -0.888. The Balaban J connectivity index is 1.27. The molecule has 1 aromatic heterocycles. The molecule has 6 amide bonds. The molecule has 3 fully saturated rings. The van der Waals surface area contributed by atoms with Gasteiger partial charge in [-0.2, -0.15) is 0 Å². The highest BCUT2D eigenvalue weighted by Crippen LogP contribution is 2.36. The molecule has 1 spiro atoms.